The number of esters is 1. The van der Waals surface area contributed by atoms with Gasteiger partial charge in [0, 0.05) is 44.8 Å². The fraction of sp³-hybridized carbons (Fsp3) is 0.697. The summed E-state index contributed by atoms with van der Waals surface area (Å²) in [5.41, 5.74) is 2.06. The van der Waals surface area contributed by atoms with E-state index in [1.165, 1.54) is 32.1 Å². The van der Waals surface area contributed by atoms with Crippen molar-refractivity contribution in [3.63, 3.8) is 0 Å². The summed E-state index contributed by atoms with van der Waals surface area (Å²) in [6.07, 6.45) is 11.9. The molecule has 0 heterocycles. The quantitative estimate of drug-likeness (QED) is 0.0951. The highest BCUT2D eigenvalue weighted by molar-refractivity contribution is 7.99. The number of ether oxygens (including phenoxy) is 3. The molecule has 1 aromatic carbocycles. The van der Waals surface area contributed by atoms with Crippen molar-refractivity contribution in [1.82, 2.24) is 0 Å². The molecule has 4 atom stereocenters. The molecule has 0 saturated heterocycles. The highest BCUT2D eigenvalue weighted by Gasteiger charge is 2.39. The van der Waals surface area contributed by atoms with E-state index in [0.29, 0.717) is 39.1 Å². The van der Waals surface area contributed by atoms with Gasteiger partial charge in [-0.25, -0.2) is 0 Å². The topological polar surface area (TPSA) is 102 Å². The lowest BCUT2D eigenvalue weighted by molar-refractivity contribution is -0.145. The zero-order chi connectivity index (χ0) is 29.7. The van der Waals surface area contributed by atoms with E-state index >= 15 is 0 Å². The molecular weight excluding hydrogens is 540 g/mol. The second-order valence-electron chi connectivity index (χ2n) is 10.9. The standard InChI is InChI=1S/C33H52O7S/c1-3-4-5-6-7-8-17-39-18-19-40-33(37)13-10-20-41-21-16-30-29(31(35)24-32(30)36)15-14-28(34)23-26-11-9-12-27(22-26)25-38-2/h9,11-12,14-15,22,28-31,34-35H,3-8,10,13,16-21,23-25H2,1-2H3/t28-,29+,30-,31-/m1/s1. The van der Waals surface area contributed by atoms with Gasteiger partial charge >= 0.3 is 5.97 Å². The number of unbranched alkanes of at least 4 members (excludes halogenated alkanes) is 5. The Balaban J connectivity index is 1.57. The van der Waals surface area contributed by atoms with Crippen LogP contribution in [0.25, 0.3) is 0 Å². The lowest BCUT2D eigenvalue weighted by atomic mass is 9.91. The van der Waals surface area contributed by atoms with Crippen LogP contribution in [0.1, 0.15) is 82.3 Å². The van der Waals surface area contributed by atoms with Crippen molar-refractivity contribution in [2.45, 2.75) is 96.4 Å². The first-order chi connectivity index (χ1) is 19.9. The summed E-state index contributed by atoms with van der Waals surface area (Å²) in [5.74, 6) is 0.954. The van der Waals surface area contributed by atoms with Crippen molar-refractivity contribution in [3.05, 3.63) is 47.5 Å². The smallest absolute Gasteiger partial charge is 0.305 e. The predicted octanol–water partition coefficient (Wildman–Crippen LogP) is 5.68. The van der Waals surface area contributed by atoms with E-state index in [1.54, 1.807) is 24.9 Å². The molecule has 232 valence electrons. The number of hydrogen-bond acceptors (Lipinski definition) is 8. The van der Waals surface area contributed by atoms with Crippen LogP contribution < -0.4 is 0 Å². The first-order valence-corrected chi connectivity index (χ1v) is 16.5. The minimum Gasteiger partial charge on any atom is -0.463 e. The highest BCUT2D eigenvalue weighted by Crippen LogP contribution is 2.34. The van der Waals surface area contributed by atoms with E-state index in [0.717, 1.165) is 42.1 Å². The second kappa shape index (κ2) is 21.9. The van der Waals surface area contributed by atoms with Gasteiger partial charge in [-0.3, -0.25) is 9.59 Å². The molecule has 0 amide bonds. The summed E-state index contributed by atoms with van der Waals surface area (Å²) >= 11 is 1.71. The van der Waals surface area contributed by atoms with Gasteiger partial charge in [0.15, 0.2) is 0 Å². The molecule has 2 N–H and O–H groups in total. The Morgan fingerprint density at radius 1 is 1.07 bits per heavy atom. The Bertz CT molecular complexity index is 890. The largest absolute Gasteiger partial charge is 0.463 e. The SMILES string of the molecule is CCCCCCCCOCCOC(=O)CCCSCC[C@H]1C(=O)C[C@@H](O)[C@H]1C=C[C@@H](O)Cc1cccc(COC)c1. The Kier molecular flexibility index (Phi) is 19.0. The molecule has 41 heavy (non-hydrogen) atoms. The maximum Gasteiger partial charge on any atom is 0.305 e. The number of benzene rings is 1. The number of carbonyl (C=O) groups excluding carboxylic acids is 2. The van der Waals surface area contributed by atoms with Crippen LogP contribution in [0.2, 0.25) is 0 Å². The lowest BCUT2D eigenvalue weighted by Crippen LogP contribution is -2.20. The monoisotopic (exact) mass is 592 g/mol. The van der Waals surface area contributed by atoms with Crippen LogP contribution in [0.15, 0.2) is 36.4 Å². The fourth-order valence-electron chi connectivity index (χ4n) is 5.18. The molecule has 0 radical (unpaired) electrons. The number of carbonyl (C=O) groups is 2. The Morgan fingerprint density at radius 2 is 1.85 bits per heavy atom. The molecule has 7 nitrogen and oxygen atoms in total. The van der Waals surface area contributed by atoms with Crippen LogP contribution in [0.5, 0.6) is 0 Å². The molecule has 1 saturated carbocycles. The summed E-state index contributed by atoms with van der Waals surface area (Å²) < 4.78 is 16.0. The van der Waals surface area contributed by atoms with Gasteiger partial charge in [0.05, 0.1) is 25.4 Å². The van der Waals surface area contributed by atoms with Crippen LogP contribution in [0, 0.1) is 11.8 Å². The van der Waals surface area contributed by atoms with Crippen LogP contribution in [-0.4, -0.2) is 72.6 Å². The molecule has 1 aliphatic carbocycles. The molecule has 0 aromatic heterocycles. The molecule has 2 rings (SSSR count). The third-order valence-corrected chi connectivity index (χ3v) is 8.51. The fourth-order valence-corrected chi connectivity index (χ4v) is 6.15. The number of rotatable bonds is 23. The number of aliphatic hydroxyl groups excluding tert-OH is 2. The van der Waals surface area contributed by atoms with Crippen LogP contribution in [0.3, 0.4) is 0 Å². The molecule has 0 bridgehead atoms. The number of methoxy groups -OCH3 is 1. The van der Waals surface area contributed by atoms with E-state index in [4.69, 9.17) is 14.2 Å². The molecule has 1 aromatic rings. The minimum atomic E-state index is -0.712. The number of ketones is 1. The van der Waals surface area contributed by atoms with Gasteiger partial charge in [0.25, 0.3) is 0 Å². The Hall–Kier alpha value is -1.71. The maximum atomic E-state index is 12.5. The maximum absolute atomic E-state index is 12.5. The van der Waals surface area contributed by atoms with E-state index < -0.39 is 12.2 Å². The van der Waals surface area contributed by atoms with Crippen LogP contribution >= 0.6 is 11.8 Å². The average molecular weight is 593 g/mol. The van der Waals surface area contributed by atoms with Crippen LogP contribution in [-0.2, 0) is 36.8 Å². The molecule has 1 fully saturated rings. The van der Waals surface area contributed by atoms with Crippen molar-refractivity contribution >= 4 is 23.5 Å². The first-order valence-electron chi connectivity index (χ1n) is 15.4. The molecule has 0 unspecified atom stereocenters. The third-order valence-electron chi connectivity index (χ3n) is 7.41. The van der Waals surface area contributed by atoms with Crippen molar-refractivity contribution < 1.29 is 34.0 Å². The third kappa shape index (κ3) is 15.4. The summed E-state index contributed by atoms with van der Waals surface area (Å²) in [6.45, 7) is 4.21. The van der Waals surface area contributed by atoms with E-state index in [-0.39, 0.29) is 30.0 Å². The summed E-state index contributed by atoms with van der Waals surface area (Å²) in [6, 6.07) is 7.92. The normalized spacial score (nSPS) is 19.7. The number of aliphatic hydroxyl groups is 2. The summed E-state index contributed by atoms with van der Waals surface area (Å²) in [7, 11) is 1.65. The summed E-state index contributed by atoms with van der Waals surface area (Å²) in [5, 5.41) is 21.0. The van der Waals surface area contributed by atoms with E-state index in [1.807, 2.05) is 30.3 Å². The molecule has 1 aliphatic rings. The van der Waals surface area contributed by atoms with Crippen molar-refractivity contribution in [2.24, 2.45) is 11.8 Å². The van der Waals surface area contributed by atoms with Gasteiger partial charge in [-0.1, -0.05) is 75.4 Å². The lowest BCUT2D eigenvalue weighted by Gasteiger charge is -2.18. The van der Waals surface area contributed by atoms with Gasteiger partial charge < -0.3 is 24.4 Å². The minimum absolute atomic E-state index is 0.0804. The zero-order valence-corrected chi connectivity index (χ0v) is 26.0. The first kappa shape index (κ1) is 35.5. The summed E-state index contributed by atoms with van der Waals surface area (Å²) in [4.78, 5) is 24.5. The van der Waals surface area contributed by atoms with Crippen molar-refractivity contribution in [1.29, 1.82) is 0 Å². The number of thioether (sulfide) groups is 1. The predicted molar refractivity (Wildman–Crippen MR) is 165 cm³/mol. The van der Waals surface area contributed by atoms with Gasteiger partial charge in [0.2, 0.25) is 0 Å². The van der Waals surface area contributed by atoms with Gasteiger partial charge in [0.1, 0.15) is 12.4 Å². The molecule has 8 heteroatoms. The number of hydrogen-bond donors (Lipinski definition) is 2. The zero-order valence-electron chi connectivity index (χ0n) is 25.1. The van der Waals surface area contributed by atoms with Crippen molar-refractivity contribution in [2.75, 3.05) is 38.4 Å². The van der Waals surface area contributed by atoms with E-state index in [9.17, 15) is 19.8 Å². The second-order valence-corrected chi connectivity index (χ2v) is 12.2. The molecule has 0 aliphatic heterocycles. The number of Topliss-reactive ketones (excluding diaryl/α,β-unsaturated/α-hetero) is 1. The highest BCUT2D eigenvalue weighted by atomic mass is 32.2. The van der Waals surface area contributed by atoms with Crippen molar-refractivity contribution in [3.8, 4) is 0 Å². The Morgan fingerprint density at radius 3 is 2.66 bits per heavy atom. The molecule has 0 spiro atoms. The van der Waals surface area contributed by atoms with E-state index in [2.05, 4.69) is 6.92 Å². The van der Waals surface area contributed by atoms with Gasteiger partial charge in [-0.15, -0.1) is 0 Å². The van der Waals surface area contributed by atoms with Crippen LogP contribution in [0.4, 0.5) is 0 Å². The average Bonchev–Trinajstić information content (AvgIpc) is 3.22. The van der Waals surface area contributed by atoms with Gasteiger partial charge in [-0.05, 0) is 41.9 Å². The van der Waals surface area contributed by atoms with Gasteiger partial charge in [-0.2, -0.15) is 11.8 Å². The Labute approximate surface area is 251 Å². The molecular formula is C33H52O7S.